The van der Waals surface area contributed by atoms with Crippen molar-refractivity contribution in [1.82, 2.24) is 0 Å². The number of hydrogen-bond donors (Lipinski definition) is 2. The Labute approximate surface area is 151 Å². The fourth-order valence-corrected chi connectivity index (χ4v) is 4.18. The normalized spacial score (nSPS) is 10.7. The lowest BCUT2D eigenvalue weighted by Crippen LogP contribution is -1.90. The van der Waals surface area contributed by atoms with Gasteiger partial charge in [0.25, 0.3) is 0 Å². The summed E-state index contributed by atoms with van der Waals surface area (Å²) in [4.78, 5) is 2.27. The molecular weight excluding hydrogens is 332 g/mol. The Bertz CT molecular complexity index is 753. The van der Waals surface area contributed by atoms with Crippen LogP contribution in [-0.2, 0) is 11.5 Å². The highest BCUT2D eigenvalue weighted by atomic mass is 32.2. The van der Waals surface area contributed by atoms with Crippen LogP contribution in [0.5, 0.6) is 0 Å². The van der Waals surface area contributed by atoms with Crippen molar-refractivity contribution >= 4 is 34.9 Å². The summed E-state index contributed by atoms with van der Waals surface area (Å²) in [5, 5.41) is 0. The van der Waals surface area contributed by atoms with Crippen molar-refractivity contribution in [2.45, 2.75) is 21.3 Å². The lowest BCUT2D eigenvalue weighted by atomic mass is 10.2. The highest BCUT2D eigenvalue weighted by Crippen LogP contribution is 2.30. The SMILES string of the molecule is Nc1ccccc1SCc1cccc(CSc2ccccc2N)c1. The van der Waals surface area contributed by atoms with E-state index in [1.54, 1.807) is 23.5 Å². The van der Waals surface area contributed by atoms with Gasteiger partial charge in [0.1, 0.15) is 0 Å². The van der Waals surface area contributed by atoms with Gasteiger partial charge in [-0.3, -0.25) is 0 Å². The molecule has 24 heavy (non-hydrogen) atoms. The zero-order valence-electron chi connectivity index (χ0n) is 13.3. The second-order valence-corrected chi connectivity index (χ2v) is 7.51. The minimum Gasteiger partial charge on any atom is -0.398 e. The minimum atomic E-state index is 0.841. The van der Waals surface area contributed by atoms with Crippen molar-refractivity contribution in [3.8, 4) is 0 Å². The lowest BCUT2D eigenvalue weighted by Gasteiger charge is -2.08. The van der Waals surface area contributed by atoms with Gasteiger partial charge >= 0.3 is 0 Å². The van der Waals surface area contributed by atoms with Crippen molar-refractivity contribution in [3.05, 3.63) is 83.9 Å². The Morgan fingerprint density at radius 2 is 1.04 bits per heavy atom. The molecule has 0 saturated heterocycles. The standard InChI is InChI=1S/C20H20N2S2/c21-17-8-1-3-10-19(17)23-13-15-6-5-7-16(12-15)14-24-20-11-4-2-9-18(20)22/h1-12H,13-14,21-22H2. The van der Waals surface area contributed by atoms with Gasteiger partial charge in [-0.1, -0.05) is 48.5 Å². The first-order valence-corrected chi connectivity index (χ1v) is 9.72. The lowest BCUT2D eigenvalue weighted by molar-refractivity contribution is 1.31. The molecule has 0 aromatic heterocycles. The number of nitrogen functional groups attached to an aromatic ring is 2. The molecule has 0 atom stereocenters. The molecule has 0 amide bonds. The number of rotatable bonds is 6. The summed E-state index contributed by atoms with van der Waals surface area (Å²) in [6, 6.07) is 24.7. The van der Waals surface area contributed by atoms with Gasteiger partial charge in [0.05, 0.1) is 0 Å². The number of benzene rings is 3. The topological polar surface area (TPSA) is 52.0 Å². The molecule has 3 rings (SSSR count). The summed E-state index contributed by atoms with van der Waals surface area (Å²) in [5.41, 5.74) is 16.3. The first-order valence-electron chi connectivity index (χ1n) is 7.75. The van der Waals surface area contributed by atoms with Crippen LogP contribution in [0.15, 0.2) is 82.6 Å². The van der Waals surface area contributed by atoms with Gasteiger partial charge in [0.15, 0.2) is 0 Å². The van der Waals surface area contributed by atoms with Crippen LogP contribution < -0.4 is 11.5 Å². The van der Waals surface area contributed by atoms with Crippen LogP contribution >= 0.6 is 23.5 Å². The molecule has 3 aromatic carbocycles. The van der Waals surface area contributed by atoms with Crippen LogP contribution in [0.25, 0.3) is 0 Å². The van der Waals surface area contributed by atoms with Gasteiger partial charge < -0.3 is 11.5 Å². The number of anilines is 2. The molecular formula is C20H20N2S2. The van der Waals surface area contributed by atoms with Crippen molar-refractivity contribution in [3.63, 3.8) is 0 Å². The van der Waals surface area contributed by atoms with Gasteiger partial charge in [-0.15, -0.1) is 23.5 Å². The molecule has 0 bridgehead atoms. The first-order chi connectivity index (χ1) is 11.7. The number of hydrogen-bond acceptors (Lipinski definition) is 4. The van der Waals surface area contributed by atoms with Gasteiger partial charge in [0.2, 0.25) is 0 Å². The monoisotopic (exact) mass is 352 g/mol. The highest BCUT2D eigenvalue weighted by molar-refractivity contribution is 7.99. The molecule has 0 heterocycles. The van der Waals surface area contributed by atoms with Crippen molar-refractivity contribution in [2.24, 2.45) is 0 Å². The molecule has 4 heteroatoms. The van der Waals surface area contributed by atoms with E-state index >= 15 is 0 Å². The van der Waals surface area contributed by atoms with Crippen molar-refractivity contribution < 1.29 is 0 Å². The zero-order valence-corrected chi connectivity index (χ0v) is 14.9. The van der Waals surface area contributed by atoms with E-state index < -0.39 is 0 Å². The van der Waals surface area contributed by atoms with Gasteiger partial charge in [-0.05, 0) is 35.4 Å². The molecule has 0 radical (unpaired) electrons. The highest BCUT2D eigenvalue weighted by Gasteiger charge is 2.03. The van der Waals surface area contributed by atoms with Crippen LogP contribution in [0.2, 0.25) is 0 Å². The summed E-state index contributed by atoms with van der Waals surface area (Å²) < 4.78 is 0. The van der Waals surface area contributed by atoms with Crippen LogP contribution in [0, 0.1) is 0 Å². The molecule has 4 N–H and O–H groups in total. The fraction of sp³-hybridized carbons (Fsp3) is 0.100. The third-order valence-corrected chi connectivity index (χ3v) is 5.94. The Balaban J connectivity index is 1.62. The van der Waals surface area contributed by atoms with E-state index in [4.69, 9.17) is 11.5 Å². The average molecular weight is 353 g/mol. The second-order valence-electron chi connectivity index (χ2n) is 5.47. The van der Waals surface area contributed by atoms with Gasteiger partial charge in [0, 0.05) is 32.7 Å². The predicted molar refractivity (Wildman–Crippen MR) is 107 cm³/mol. The minimum absolute atomic E-state index is 0.841. The Morgan fingerprint density at radius 3 is 1.50 bits per heavy atom. The summed E-state index contributed by atoms with van der Waals surface area (Å²) in [7, 11) is 0. The summed E-state index contributed by atoms with van der Waals surface area (Å²) >= 11 is 3.55. The molecule has 0 aliphatic rings. The van der Waals surface area contributed by atoms with Crippen molar-refractivity contribution in [2.75, 3.05) is 11.5 Å². The number of nitrogens with two attached hydrogens (primary N) is 2. The Hall–Kier alpha value is -2.04. The molecule has 0 fully saturated rings. The third kappa shape index (κ3) is 4.49. The summed E-state index contributed by atoms with van der Waals surface area (Å²) in [6.07, 6.45) is 0. The largest absolute Gasteiger partial charge is 0.398 e. The Kier molecular flexibility index (Phi) is 5.72. The molecule has 0 aliphatic heterocycles. The number of thioether (sulfide) groups is 2. The van der Waals surface area contributed by atoms with E-state index in [1.807, 2.05) is 36.4 Å². The van der Waals surface area contributed by atoms with E-state index in [2.05, 4.69) is 36.4 Å². The quantitative estimate of drug-likeness (QED) is 0.458. The van der Waals surface area contributed by atoms with Crippen LogP contribution in [0.4, 0.5) is 11.4 Å². The fourth-order valence-electron chi connectivity index (χ4n) is 2.36. The van der Waals surface area contributed by atoms with E-state index in [0.717, 1.165) is 32.7 Å². The predicted octanol–water partition coefficient (Wildman–Crippen LogP) is 5.44. The summed E-state index contributed by atoms with van der Waals surface area (Å²) in [6.45, 7) is 0. The number of para-hydroxylation sites is 2. The molecule has 0 unspecified atom stereocenters. The molecule has 3 aromatic rings. The van der Waals surface area contributed by atoms with E-state index in [-0.39, 0.29) is 0 Å². The van der Waals surface area contributed by atoms with Gasteiger partial charge in [-0.2, -0.15) is 0 Å². The van der Waals surface area contributed by atoms with Crippen LogP contribution in [-0.4, -0.2) is 0 Å². The van der Waals surface area contributed by atoms with E-state index in [9.17, 15) is 0 Å². The van der Waals surface area contributed by atoms with E-state index in [0.29, 0.717) is 0 Å². The van der Waals surface area contributed by atoms with E-state index in [1.165, 1.54) is 11.1 Å². The molecule has 0 saturated carbocycles. The maximum atomic E-state index is 6.00. The smallest absolute Gasteiger partial charge is 0.0452 e. The zero-order chi connectivity index (χ0) is 16.8. The third-order valence-electron chi connectivity index (χ3n) is 3.62. The maximum Gasteiger partial charge on any atom is 0.0452 e. The Morgan fingerprint density at radius 1 is 0.583 bits per heavy atom. The first kappa shape index (κ1) is 16.8. The average Bonchev–Trinajstić information content (AvgIpc) is 2.61. The van der Waals surface area contributed by atoms with Crippen LogP contribution in [0.1, 0.15) is 11.1 Å². The van der Waals surface area contributed by atoms with Crippen molar-refractivity contribution in [1.29, 1.82) is 0 Å². The maximum absolute atomic E-state index is 6.00. The second kappa shape index (κ2) is 8.18. The molecule has 0 aliphatic carbocycles. The molecule has 2 nitrogen and oxygen atoms in total. The summed E-state index contributed by atoms with van der Waals surface area (Å²) in [5.74, 6) is 1.83. The molecule has 0 spiro atoms. The molecule has 122 valence electrons. The van der Waals surface area contributed by atoms with Crippen LogP contribution in [0.3, 0.4) is 0 Å². The van der Waals surface area contributed by atoms with Gasteiger partial charge in [-0.25, -0.2) is 0 Å².